The second-order valence-corrected chi connectivity index (χ2v) is 7.91. The van der Waals surface area contributed by atoms with E-state index < -0.39 is 0 Å². The Morgan fingerprint density at radius 3 is 2.33 bits per heavy atom. The van der Waals surface area contributed by atoms with Gasteiger partial charge in [0.2, 0.25) is 0 Å². The summed E-state index contributed by atoms with van der Waals surface area (Å²) in [4.78, 5) is 12.2. The highest BCUT2D eigenvalue weighted by molar-refractivity contribution is 5.93. The number of amides is 1. The maximum Gasteiger partial charge on any atom is 0.273 e. The summed E-state index contributed by atoms with van der Waals surface area (Å²) in [7, 11) is 0. The third-order valence-corrected chi connectivity index (χ3v) is 3.98. The van der Waals surface area contributed by atoms with Gasteiger partial charge in [-0.2, -0.15) is 0 Å². The van der Waals surface area contributed by atoms with Gasteiger partial charge in [-0.3, -0.25) is 4.79 Å². The molecule has 0 saturated heterocycles. The molecule has 1 heterocycles. The van der Waals surface area contributed by atoms with Crippen LogP contribution >= 0.6 is 0 Å². The van der Waals surface area contributed by atoms with E-state index in [1.165, 1.54) is 5.56 Å². The van der Waals surface area contributed by atoms with Crippen molar-refractivity contribution in [2.24, 2.45) is 5.92 Å². The molecule has 0 aliphatic rings. The van der Waals surface area contributed by atoms with Gasteiger partial charge in [0, 0.05) is 17.7 Å². The van der Waals surface area contributed by atoms with Crippen molar-refractivity contribution < 1.29 is 9.32 Å². The summed E-state index contributed by atoms with van der Waals surface area (Å²) >= 11 is 0. The summed E-state index contributed by atoms with van der Waals surface area (Å²) in [5.74, 6) is 0.955. The van der Waals surface area contributed by atoms with Gasteiger partial charge < -0.3 is 9.84 Å². The fourth-order valence-corrected chi connectivity index (χ4v) is 2.72. The normalized spacial score (nSPS) is 13.1. The monoisotopic (exact) mass is 328 g/mol. The Kier molecular flexibility index (Phi) is 5.47. The van der Waals surface area contributed by atoms with Crippen LogP contribution in [0.15, 0.2) is 34.9 Å². The number of nitrogens with zero attached hydrogens (tertiary/aromatic N) is 1. The summed E-state index contributed by atoms with van der Waals surface area (Å²) in [5, 5.41) is 6.87. The molecule has 0 aliphatic carbocycles. The molecule has 2 rings (SSSR count). The zero-order valence-electron chi connectivity index (χ0n) is 15.5. The number of benzene rings is 1. The van der Waals surface area contributed by atoms with E-state index in [2.05, 4.69) is 57.2 Å². The molecule has 130 valence electrons. The van der Waals surface area contributed by atoms with Crippen molar-refractivity contribution in [3.8, 4) is 11.3 Å². The molecule has 0 unspecified atom stereocenters. The first kappa shape index (κ1) is 18.2. The minimum atomic E-state index is -0.190. The van der Waals surface area contributed by atoms with Gasteiger partial charge in [0.1, 0.15) is 0 Å². The summed E-state index contributed by atoms with van der Waals surface area (Å²) in [6.45, 7) is 12.8. The third kappa shape index (κ3) is 4.70. The maximum absolute atomic E-state index is 12.2. The van der Waals surface area contributed by atoms with Crippen LogP contribution in [0.3, 0.4) is 0 Å². The first-order valence-electron chi connectivity index (χ1n) is 8.55. The molecule has 2 aromatic rings. The van der Waals surface area contributed by atoms with Crippen LogP contribution in [0, 0.1) is 5.92 Å². The molecule has 1 aromatic carbocycles. The van der Waals surface area contributed by atoms with Gasteiger partial charge >= 0.3 is 0 Å². The first-order chi connectivity index (χ1) is 11.2. The van der Waals surface area contributed by atoms with E-state index in [-0.39, 0.29) is 17.4 Å². The molecule has 24 heavy (non-hydrogen) atoms. The molecule has 0 bridgehead atoms. The standard InChI is InChI=1S/C20H28N2O2/c1-13(2)11-14(3)21-19(23)17-12-18(24-22-17)15-7-9-16(10-8-15)20(4,5)6/h7-10,12-14H,11H2,1-6H3,(H,21,23)/t14-/m0/s1. The molecule has 1 atom stereocenters. The Labute approximate surface area is 144 Å². The highest BCUT2D eigenvalue weighted by Gasteiger charge is 2.17. The van der Waals surface area contributed by atoms with Crippen LogP contribution in [-0.4, -0.2) is 17.1 Å². The van der Waals surface area contributed by atoms with Gasteiger partial charge in [-0.25, -0.2) is 0 Å². The van der Waals surface area contributed by atoms with Crippen LogP contribution in [0.1, 0.15) is 64.0 Å². The predicted octanol–water partition coefficient (Wildman–Crippen LogP) is 4.80. The third-order valence-electron chi connectivity index (χ3n) is 3.98. The number of hydrogen-bond donors (Lipinski definition) is 1. The Balaban J connectivity index is 2.09. The van der Waals surface area contributed by atoms with Crippen LogP contribution in [0.25, 0.3) is 11.3 Å². The Morgan fingerprint density at radius 2 is 1.79 bits per heavy atom. The Hall–Kier alpha value is -2.10. The van der Waals surface area contributed by atoms with Crippen LogP contribution in [-0.2, 0) is 5.41 Å². The molecule has 0 saturated carbocycles. The van der Waals surface area contributed by atoms with Crippen LogP contribution < -0.4 is 5.32 Å². The lowest BCUT2D eigenvalue weighted by molar-refractivity contribution is 0.0927. The van der Waals surface area contributed by atoms with E-state index in [9.17, 15) is 4.79 Å². The highest BCUT2D eigenvalue weighted by Crippen LogP contribution is 2.26. The lowest BCUT2D eigenvalue weighted by atomic mass is 9.86. The lowest BCUT2D eigenvalue weighted by Crippen LogP contribution is -2.33. The molecule has 0 radical (unpaired) electrons. The van der Waals surface area contributed by atoms with Crippen molar-refractivity contribution in [3.05, 3.63) is 41.6 Å². The van der Waals surface area contributed by atoms with Crippen LogP contribution in [0.4, 0.5) is 0 Å². The topological polar surface area (TPSA) is 55.1 Å². The van der Waals surface area contributed by atoms with E-state index >= 15 is 0 Å². The first-order valence-corrected chi connectivity index (χ1v) is 8.55. The summed E-state index contributed by atoms with van der Waals surface area (Å²) in [5.41, 5.74) is 2.61. The van der Waals surface area contributed by atoms with Crippen molar-refractivity contribution in [3.63, 3.8) is 0 Å². The fraction of sp³-hybridized carbons (Fsp3) is 0.500. The molecule has 0 spiro atoms. The predicted molar refractivity (Wildman–Crippen MR) is 97.0 cm³/mol. The molecule has 1 amide bonds. The Bertz CT molecular complexity index is 678. The lowest BCUT2D eigenvalue weighted by Gasteiger charge is -2.18. The SMILES string of the molecule is CC(C)C[C@H](C)NC(=O)c1cc(-c2ccc(C(C)(C)C)cc2)on1. The number of hydrogen-bond acceptors (Lipinski definition) is 3. The zero-order valence-corrected chi connectivity index (χ0v) is 15.5. The molecule has 1 aromatic heterocycles. The largest absolute Gasteiger partial charge is 0.355 e. The minimum absolute atomic E-state index is 0.109. The van der Waals surface area contributed by atoms with E-state index in [1.807, 2.05) is 19.1 Å². The zero-order chi connectivity index (χ0) is 17.9. The van der Waals surface area contributed by atoms with Gasteiger partial charge in [0.25, 0.3) is 5.91 Å². The molecule has 4 heteroatoms. The summed E-state index contributed by atoms with van der Waals surface area (Å²) < 4.78 is 5.35. The molecular weight excluding hydrogens is 300 g/mol. The number of aromatic nitrogens is 1. The number of carbonyl (C=O) groups is 1. The summed E-state index contributed by atoms with van der Waals surface area (Å²) in [6.07, 6.45) is 0.935. The van der Waals surface area contributed by atoms with Crippen molar-refractivity contribution in [2.75, 3.05) is 0 Å². The molecule has 4 nitrogen and oxygen atoms in total. The molecule has 0 fully saturated rings. The van der Waals surface area contributed by atoms with Gasteiger partial charge in [0.05, 0.1) is 0 Å². The van der Waals surface area contributed by atoms with Gasteiger partial charge in [-0.15, -0.1) is 0 Å². The van der Waals surface area contributed by atoms with Crippen molar-refractivity contribution in [1.29, 1.82) is 0 Å². The van der Waals surface area contributed by atoms with Crippen molar-refractivity contribution in [2.45, 2.75) is 59.4 Å². The molecule has 0 aliphatic heterocycles. The Morgan fingerprint density at radius 1 is 1.17 bits per heavy atom. The van der Waals surface area contributed by atoms with E-state index in [0.717, 1.165) is 12.0 Å². The van der Waals surface area contributed by atoms with E-state index in [1.54, 1.807) is 6.07 Å². The quantitative estimate of drug-likeness (QED) is 0.857. The smallest absolute Gasteiger partial charge is 0.273 e. The fourth-order valence-electron chi connectivity index (χ4n) is 2.72. The minimum Gasteiger partial charge on any atom is -0.355 e. The average Bonchev–Trinajstić information content (AvgIpc) is 2.95. The van der Waals surface area contributed by atoms with Gasteiger partial charge in [-0.1, -0.05) is 64.0 Å². The van der Waals surface area contributed by atoms with Gasteiger partial charge in [0.15, 0.2) is 11.5 Å². The average molecular weight is 328 g/mol. The highest BCUT2D eigenvalue weighted by atomic mass is 16.5. The van der Waals surface area contributed by atoms with Crippen molar-refractivity contribution >= 4 is 5.91 Å². The second-order valence-electron chi connectivity index (χ2n) is 7.91. The van der Waals surface area contributed by atoms with E-state index in [4.69, 9.17) is 4.52 Å². The van der Waals surface area contributed by atoms with Crippen molar-refractivity contribution in [1.82, 2.24) is 10.5 Å². The molecular formula is C20H28N2O2. The van der Waals surface area contributed by atoms with E-state index in [0.29, 0.717) is 17.4 Å². The number of rotatable bonds is 5. The van der Waals surface area contributed by atoms with Crippen LogP contribution in [0.5, 0.6) is 0 Å². The molecule has 1 N–H and O–H groups in total. The van der Waals surface area contributed by atoms with Gasteiger partial charge in [-0.05, 0) is 30.2 Å². The maximum atomic E-state index is 12.2. The number of carbonyl (C=O) groups excluding carboxylic acids is 1. The summed E-state index contributed by atoms with van der Waals surface area (Å²) in [6, 6.07) is 9.99. The number of nitrogens with one attached hydrogen (secondary N) is 1. The van der Waals surface area contributed by atoms with Crippen LogP contribution in [0.2, 0.25) is 0 Å². The second kappa shape index (κ2) is 7.20.